The molecule has 0 saturated carbocycles. The highest BCUT2D eigenvalue weighted by atomic mass is 32.2. The van der Waals surface area contributed by atoms with Gasteiger partial charge in [-0.2, -0.15) is 4.98 Å². The average Bonchev–Trinajstić information content (AvgIpc) is 2.86. The molecule has 0 atom stereocenters. The lowest BCUT2D eigenvalue weighted by atomic mass is 10.2. The molecule has 0 spiro atoms. The van der Waals surface area contributed by atoms with Gasteiger partial charge in [-0.25, -0.2) is 13.1 Å². The highest BCUT2D eigenvalue weighted by molar-refractivity contribution is 7.88. The summed E-state index contributed by atoms with van der Waals surface area (Å²) in [5.41, 5.74) is 0.723. The summed E-state index contributed by atoms with van der Waals surface area (Å²) in [5.74, 6) is 1.42. The van der Waals surface area contributed by atoms with E-state index in [1.807, 2.05) is 18.2 Å². The Bertz CT molecular complexity index is 682. The van der Waals surface area contributed by atoms with Crippen LogP contribution < -0.4 is 9.46 Å². The van der Waals surface area contributed by atoms with Crippen molar-refractivity contribution in [3.63, 3.8) is 0 Å². The predicted molar refractivity (Wildman–Crippen MR) is 72.8 cm³/mol. The summed E-state index contributed by atoms with van der Waals surface area (Å²) in [6, 6.07) is 7.32. The van der Waals surface area contributed by atoms with Crippen molar-refractivity contribution in [2.75, 3.05) is 19.9 Å². The third-order valence-corrected chi connectivity index (χ3v) is 3.25. The molecule has 20 heavy (non-hydrogen) atoms. The van der Waals surface area contributed by atoms with Crippen LogP contribution in [-0.2, 0) is 16.4 Å². The first-order valence-electron chi connectivity index (χ1n) is 5.90. The maximum Gasteiger partial charge on any atom is 0.228 e. The highest BCUT2D eigenvalue weighted by Crippen LogP contribution is 2.26. The summed E-state index contributed by atoms with van der Waals surface area (Å²) in [4.78, 5) is 4.22. The van der Waals surface area contributed by atoms with Crippen molar-refractivity contribution < 1.29 is 17.7 Å². The number of nitrogens with zero attached hydrogens (tertiary/aromatic N) is 2. The van der Waals surface area contributed by atoms with Crippen molar-refractivity contribution in [1.82, 2.24) is 14.9 Å². The normalized spacial score (nSPS) is 11.5. The number of ether oxygens (including phenoxy) is 1. The Balaban J connectivity index is 2.09. The summed E-state index contributed by atoms with van der Waals surface area (Å²) >= 11 is 0. The van der Waals surface area contributed by atoms with Gasteiger partial charge in [-0.1, -0.05) is 17.3 Å². The van der Waals surface area contributed by atoms with Gasteiger partial charge in [0.2, 0.25) is 21.7 Å². The maximum atomic E-state index is 10.9. The predicted octanol–water partition coefficient (Wildman–Crippen LogP) is 0.837. The Labute approximate surface area is 117 Å². The summed E-state index contributed by atoms with van der Waals surface area (Å²) in [6.45, 7) is 0.215. The summed E-state index contributed by atoms with van der Waals surface area (Å²) in [7, 11) is -1.64. The van der Waals surface area contributed by atoms with Gasteiger partial charge in [0.1, 0.15) is 5.75 Å². The average molecular weight is 297 g/mol. The Hall–Kier alpha value is -1.93. The van der Waals surface area contributed by atoms with Crippen molar-refractivity contribution in [2.45, 2.75) is 6.42 Å². The summed E-state index contributed by atoms with van der Waals surface area (Å²) in [6.07, 6.45) is 1.43. The first-order valence-corrected chi connectivity index (χ1v) is 7.79. The van der Waals surface area contributed by atoms with Crippen molar-refractivity contribution in [3.8, 4) is 17.1 Å². The summed E-state index contributed by atoms with van der Waals surface area (Å²) in [5, 5.41) is 3.87. The lowest BCUT2D eigenvalue weighted by Crippen LogP contribution is -2.24. The first-order chi connectivity index (χ1) is 9.49. The number of benzene rings is 1. The fraction of sp³-hybridized carbons (Fsp3) is 0.333. The van der Waals surface area contributed by atoms with Crippen LogP contribution in [0.25, 0.3) is 11.4 Å². The fourth-order valence-corrected chi connectivity index (χ4v) is 2.11. The molecule has 1 aromatic carbocycles. The smallest absolute Gasteiger partial charge is 0.228 e. The zero-order chi connectivity index (χ0) is 14.6. The molecule has 0 fully saturated rings. The number of rotatable bonds is 6. The lowest BCUT2D eigenvalue weighted by molar-refractivity contribution is 0.378. The van der Waals surface area contributed by atoms with Gasteiger partial charge in [-0.15, -0.1) is 0 Å². The van der Waals surface area contributed by atoms with E-state index in [1.165, 1.54) is 0 Å². The fourth-order valence-electron chi connectivity index (χ4n) is 1.64. The molecule has 8 heteroatoms. The number of methoxy groups -OCH3 is 1. The number of nitrogens with one attached hydrogen (secondary N) is 1. The zero-order valence-electron chi connectivity index (χ0n) is 11.2. The van der Waals surface area contributed by atoms with Gasteiger partial charge in [-0.05, 0) is 12.1 Å². The minimum absolute atomic E-state index is 0.215. The number of aromatic nitrogens is 2. The van der Waals surface area contributed by atoms with Crippen LogP contribution in [0.1, 0.15) is 5.89 Å². The molecular formula is C12H15N3O4S. The Morgan fingerprint density at radius 2 is 2.10 bits per heavy atom. The van der Waals surface area contributed by atoms with E-state index >= 15 is 0 Å². The van der Waals surface area contributed by atoms with Gasteiger partial charge in [-0.3, -0.25) is 0 Å². The van der Waals surface area contributed by atoms with Gasteiger partial charge < -0.3 is 9.26 Å². The molecule has 0 radical (unpaired) electrons. The molecule has 1 aromatic heterocycles. The van der Waals surface area contributed by atoms with E-state index in [0.717, 1.165) is 11.8 Å². The van der Waals surface area contributed by atoms with Crippen molar-refractivity contribution in [2.24, 2.45) is 0 Å². The lowest BCUT2D eigenvalue weighted by Gasteiger charge is -2.03. The van der Waals surface area contributed by atoms with E-state index in [2.05, 4.69) is 14.9 Å². The van der Waals surface area contributed by atoms with E-state index in [1.54, 1.807) is 13.2 Å². The first kappa shape index (κ1) is 14.5. The molecule has 0 amide bonds. The molecule has 1 N–H and O–H groups in total. The monoisotopic (exact) mass is 297 g/mol. The van der Waals surface area contributed by atoms with Gasteiger partial charge >= 0.3 is 0 Å². The molecule has 7 nitrogen and oxygen atoms in total. The second-order valence-corrected chi connectivity index (χ2v) is 5.96. The number of para-hydroxylation sites is 1. The van der Waals surface area contributed by atoms with Gasteiger partial charge in [0.15, 0.2) is 0 Å². The van der Waals surface area contributed by atoms with E-state index in [4.69, 9.17) is 9.26 Å². The molecular weight excluding hydrogens is 282 g/mol. The molecule has 2 aromatic rings. The topological polar surface area (TPSA) is 94.3 Å². The molecule has 0 bridgehead atoms. The van der Waals surface area contributed by atoms with E-state index in [-0.39, 0.29) is 6.54 Å². The quantitative estimate of drug-likeness (QED) is 0.849. The third-order valence-electron chi connectivity index (χ3n) is 2.52. The molecule has 1 heterocycles. The summed E-state index contributed by atoms with van der Waals surface area (Å²) < 4.78 is 34.5. The van der Waals surface area contributed by atoms with E-state index < -0.39 is 10.0 Å². The Morgan fingerprint density at radius 1 is 1.35 bits per heavy atom. The largest absolute Gasteiger partial charge is 0.496 e. The van der Waals surface area contributed by atoms with Crippen LogP contribution in [0.4, 0.5) is 0 Å². The number of sulfonamides is 1. The highest BCUT2D eigenvalue weighted by Gasteiger charge is 2.12. The van der Waals surface area contributed by atoms with Crippen molar-refractivity contribution in [3.05, 3.63) is 30.2 Å². The van der Waals surface area contributed by atoms with Gasteiger partial charge in [0, 0.05) is 13.0 Å². The molecule has 0 aliphatic rings. The number of hydrogen-bond donors (Lipinski definition) is 1. The Kier molecular flexibility index (Phi) is 4.35. The van der Waals surface area contributed by atoms with Crippen LogP contribution in [0.3, 0.4) is 0 Å². The van der Waals surface area contributed by atoms with Crippen LogP contribution >= 0.6 is 0 Å². The van der Waals surface area contributed by atoms with Gasteiger partial charge in [0.25, 0.3) is 0 Å². The van der Waals surface area contributed by atoms with Crippen LogP contribution in [0.15, 0.2) is 28.8 Å². The Morgan fingerprint density at radius 3 is 2.80 bits per heavy atom. The van der Waals surface area contributed by atoms with Crippen molar-refractivity contribution in [1.29, 1.82) is 0 Å². The SMILES string of the molecule is COc1ccccc1-c1noc(CCNS(C)(=O)=O)n1. The molecule has 0 unspecified atom stereocenters. The molecule has 0 saturated heterocycles. The second-order valence-electron chi connectivity index (χ2n) is 4.13. The van der Waals surface area contributed by atoms with Crippen molar-refractivity contribution >= 4 is 10.0 Å². The van der Waals surface area contributed by atoms with Crippen LogP contribution in [0.2, 0.25) is 0 Å². The van der Waals surface area contributed by atoms with Crippen LogP contribution in [-0.4, -0.2) is 38.5 Å². The third kappa shape index (κ3) is 3.78. The van der Waals surface area contributed by atoms with E-state index in [9.17, 15) is 8.42 Å². The molecule has 108 valence electrons. The van der Waals surface area contributed by atoms with Gasteiger partial charge in [0.05, 0.1) is 18.9 Å². The minimum atomic E-state index is -3.21. The molecule has 0 aliphatic heterocycles. The minimum Gasteiger partial charge on any atom is -0.496 e. The standard InChI is InChI=1S/C12H15N3O4S/c1-18-10-6-4-3-5-9(10)12-14-11(19-15-12)7-8-13-20(2,16)17/h3-6,13H,7-8H2,1-2H3. The molecule has 0 aliphatic carbocycles. The number of hydrogen-bond acceptors (Lipinski definition) is 6. The molecule has 2 rings (SSSR count). The van der Waals surface area contributed by atoms with Crippen LogP contribution in [0, 0.1) is 0 Å². The van der Waals surface area contributed by atoms with E-state index in [0.29, 0.717) is 23.9 Å². The second kappa shape index (κ2) is 6.02. The zero-order valence-corrected chi connectivity index (χ0v) is 12.0. The maximum absolute atomic E-state index is 10.9. The van der Waals surface area contributed by atoms with Crippen LogP contribution in [0.5, 0.6) is 5.75 Å².